The van der Waals surface area contributed by atoms with Crippen LogP contribution in [0.25, 0.3) is 22.3 Å². The first kappa shape index (κ1) is 25.9. The number of nitrogens with one attached hydrogen (secondary N) is 2. The molecule has 2 amide bonds. The Kier molecular flexibility index (Phi) is 6.25. The van der Waals surface area contributed by atoms with Crippen molar-refractivity contribution in [2.45, 2.75) is 36.7 Å². The van der Waals surface area contributed by atoms with Gasteiger partial charge >= 0.3 is 0 Å². The lowest BCUT2D eigenvalue weighted by Crippen LogP contribution is -2.56. The second-order valence-corrected chi connectivity index (χ2v) is 12.5. The van der Waals surface area contributed by atoms with Crippen LogP contribution in [0, 0.1) is 6.92 Å². The Balaban J connectivity index is 1.20. The third-order valence-electron chi connectivity index (χ3n) is 7.32. The normalized spacial score (nSPS) is 16.1. The van der Waals surface area contributed by atoms with Gasteiger partial charge in [0.1, 0.15) is 5.82 Å². The molecule has 0 radical (unpaired) electrons. The fourth-order valence-electron chi connectivity index (χ4n) is 5.02. The van der Waals surface area contributed by atoms with Crippen LogP contribution in [0.5, 0.6) is 0 Å². The predicted octanol–water partition coefficient (Wildman–Crippen LogP) is 2.80. The van der Waals surface area contributed by atoms with Crippen LogP contribution in [-0.2, 0) is 21.2 Å². The molecule has 204 valence electrons. The summed E-state index contributed by atoms with van der Waals surface area (Å²) >= 11 is 0. The van der Waals surface area contributed by atoms with Crippen LogP contribution in [0.3, 0.4) is 0 Å². The van der Waals surface area contributed by atoms with Crippen molar-refractivity contribution in [2.24, 2.45) is 0 Å². The molecule has 0 unspecified atom stereocenters. The molecule has 0 atom stereocenters. The van der Waals surface area contributed by atoms with E-state index in [-0.39, 0.29) is 35.0 Å². The number of sulfone groups is 1. The van der Waals surface area contributed by atoms with Gasteiger partial charge in [0.25, 0.3) is 5.91 Å². The second kappa shape index (κ2) is 9.67. The molecule has 1 aliphatic carbocycles. The zero-order valence-electron chi connectivity index (χ0n) is 22.1. The van der Waals surface area contributed by atoms with Gasteiger partial charge in [-0.1, -0.05) is 12.1 Å². The zero-order chi connectivity index (χ0) is 28.1. The average molecular weight is 557 g/mol. The smallest absolute Gasteiger partial charge is 0.251 e. The number of anilines is 1. The molecule has 40 heavy (non-hydrogen) atoms. The maximum Gasteiger partial charge on any atom is 0.251 e. The van der Waals surface area contributed by atoms with Crippen molar-refractivity contribution in [3.63, 3.8) is 0 Å². The van der Waals surface area contributed by atoms with E-state index in [0.29, 0.717) is 28.2 Å². The van der Waals surface area contributed by atoms with Crippen LogP contribution >= 0.6 is 0 Å². The van der Waals surface area contributed by atoms with Gasteiger partial charge in [0, 0.05) is 29.9 Å². The van der Waals surface area contributed by atoms with Crippen LogP contribution in [0.2, 0.25) is 0 Å². The average Bonchev–Trinajstić information content (AvgIpc) is 3.67. The molecule has 1 spiro atoms. The number of hydrogen-bond donors (Lipinski definition) is 2. The third kappa shape index (κ3) is 5.24. The van der Waals surface area contributed by atoms with E-state index in [2.05, 4.69) is 15.6 Å². The van der Waals surface area contributed by atoms with Gasteiger partial charge in [-0.25, -0.2) is 18.4 Å². The Morgan fingerprint density at radius 1 is 1.07 bits per heavy atom. The van der Waals surface area contributed by atoms with Crippen molar-refractivity contribution in [3.8, 4) is 11.4 Å². The first-order chi connectivity index (χ1) is 19.1. The van der Waals surface area contributed by atoms with E-state index in [4.69, 9.17) is 9.97 Å². The van der Waals surface area contributed by atoms with Gasteiger partial charge in [0.15, 0.2) is 9.84 Å². The van der Waals surface area contributed by atoms with E-state index in [1.165, 1.54) is 6.07 Å². The molecule has 1 aromatic carbocycles. The molecule has 6 rings (SSSR count). The molecule has 3 aromatic heterocycles. The van der Waals surface area contributed by atoms with Crippen molar-refractivity contribution in [3.05, 3.63) is 77.6 Å². The monoisotopic (exact) mass is 556 g/mol. The third-order valence-corrected chi connectivity index (χ3v) is 8.56. The fraction of sp³-hybridized carbons (Fsp3) is 0.276. The molecular formula is C29H28N6O4S. The Bertz CT molecular complexity index is 1780. The van der Waals surface area contributed by atoms with Crippen LogP contribution in [0.15, 0.2) is 65.7 Å². The molecule has 1 aliphatic heterocycles. The highest BCUT2D eigenvalue weighted by Crippen LogP contribution is 2.39. The van der Waals surface area contributed by atoms with E-state index in [1.807, 2.05) is 41.3 Å². The fourth-order valence-corrected chi connectivity index (χ4v) is 6.01. The Labute approximate surface area is 231 Å². The van der Waals surface area contributed by atoms with Gasteiger partial charge in [-0.15, -0.1) is 0 Å². The van der Waals surface area contributed by atoms with Crippen LogP contribution in [-0.4, -0.2) is 60.1 Å². The highest BCUT2D eigenvalue weighted by atomic mass is 32.2. The summed E-state index contributed by atoms with van der Waals surface area (Å²) < 4.78 is 24.1. The highest BCUT2D eigenvalue weighted by Gasteiger charge is 2.48. The number of hydrogen-bond acceptors (Lipinski definition) is 8. The summed E-state index contributed by atoms with van der Waals surface area (Å²) in [6.45, 7) is 2.87. The summed E-state index contributed by atoms with van der Waals surface area (Å²) in [6, 6.07) is 16.0. The molecule has 10 nitrogen and oxygen atoms in total. The highest BCUT2D eigenvalue weighted by molar-refractivity contribution is 7.90. The van der Waals surface area contributed by atoms with E-state index in [9.17, 15) is 18.0 Å². The molecule has 2 N–H and O–H groups in total. The van der Waals surface area contributed by atoms with Crippen molar-refractivity contribution in [1.29, 1.82) is 0 Å². The van der Waals surface area contributed by atoms with Gasteiger partial charge < -0.3 is 15.5 Å². The van der Waals surface area contributed by atoms with Gasteiger partial charge in [-0.05, 0) is 67.8 Å². The maximum absolute atomic E-state index is 12.8. The van der Waals surface area contributed by atoms with E-state index < -0.39 is 15.7 Å². The standard InChI is InChI=1S/C29H28N6O4S/c1-18-6-7-19(12-25(18)40(2,38)39)28(37)31-15-21-13-24-20(14-30-21)8-9-23(32-24)22-4-3-5-26(33-22)35-16-27(36)34-29(17-35)10-11-29/h3-9,12-14H,10-11,15-17H2,1-2H3,(H,31,37)(H,34,36). The SMILES string of the molecule is Cc1ccc(C(=O)NCc2cc3nc(-c4cccc(N5CC(=O)NC6(CC6)C5)n4)ccc3cn2)cc1S(C)(=O)=O. The number of piperazine rings is 1. The number of carbonyl (C=O) groups excluding carboxylic acids is 2. The van der Waals surface area contributed by atoms with Crippen LogP contribution in [0.4, 0.5) is 5.82 Å². The molecular weight excluding hydrogens is 528 g/mol. The lowest BCUT2D eigenvalue weighted by Gasteiger charge is -2.34. The topological polar surface area (TPSA) is 134 Å². The first-order valence-corrected chi connectivity index (χ1v) is 14.9. The first-order valence-electron chi connectivity index (χ1n) is 13.0. The minimum absolute atomic E-state index is 0.0186. The van der Waals surface area contributed by atoms with E-state index >= 15 is 0 Å². The van der Waals surface area contributed by atoms with Crippen molar-refractivity contribution in [2.75, 3.05) is 24.2 Å². The Hall–Kier alpha value is -4.38. The van der Waals surface area contributed by atoms with Crippen molar-refractivity contribution >= 4 is 38.4 Å². The zero-order valence-corrected chi connectivity index (χ0v) is 23.0. The predicted molar refractivity (Wildman–Crippen MR) is 151 cm³/mol. The largest absolute Gasteiger partial charge is 0.347 e. The molecule has 4 aromatic rings. The number of aryl methyl sites for hydroxylation is 1. The number of rotatable bonds is 6. The van der Waals surface area contributed by atoms with E-state index in [0.717, 1.165) is 36.8 Å². The van der Waals surface area contributed by atoms with E-state index in [1.54, 1.807) is 25.3 Å². The summed E-state index contributed by atoms with van der Waals surface area (Å²) in [5.41, 5.74) is 3.43. The summed E-state index contributed by atoms with van der Waals surface area (Å²) in [7, 11) is -3.45. The lowest BCUT2D eigenvalue weighted by atomic mass is 10.1. The van der Waals surface area contributed by atoms with Gasteiger partial charge in [0.05, 0.1) is 46.1 Å². The van der Waals surface area contributed by atoms with Crippen LogP contribution in [0.1, 0.15) is 34.5 Å². The maximum atomic E-state index is 12.8. The second-order valence-electron chi connectivity index (χ2n) is 10.6. The number of pyridine rings is 3. The number of fused-ring (bicyclic) bond motifs is 1. The van der Waals surface area contributed by atoms with Gasteiger partial charge in [0.2, 0.25) is 5.91 Å². The summed E-state index contributed by atoms with van der Waals surface area (Å²) in [4.78, 5) is 41.2. The molecule has 2 aliphatic rings. The minimum Gasteiger partial charge on any atom is -0.347 e. The summed E-state index contributed by atoms with van der Waals surface area (Å²) in [5.74, 6) is 0.368. The van der Waals surface area contributed by atoms with Gasteiger partial charge in [-0.3, -0.25) is 14.6 Å². The van der Waals surface area contributed by atoms with Gasteiger partial charge in [-0.2, -0.15) is 0 Å². The molecule has 4 heterocycles. The molecule has 1 saturated carbocycles. The Morgan fingerprint density at radius 3 is 2.65 bits per heavy atom. The Morgan fingerprint density at radius 2 is 1.88 bits per heavy atom. The molecule has 2 fully saturated rings. The number of carbonyl (C=O) groups is 2. The number of nitrogens with zero attached hydrogens (tertiary/aromatic N) is 4. The summed E-state index contributed by atoms with van der Waals surface area (Å²) in [5, 5.41) is 6.75. The quantitative estimate of drug-likeness (QED) is 0.370. The minimum atomic E-state index is -3.45. The lowest BCUT2D eigenvalue weighted by molar-refractivity contribution is -0.121. The van der Waals surface area contributed by atoms with Crippen LogP contribution < -0.4 is 15.5 Å². The molecule has 11 heteroatoms. The number of amides is 2. The van der Waals surface area contributed by atoms with Crippen molar-refractivity contribution < 1.29 is 18.0 Å². The molecule has 1 saturated heterocycles. The number of benzene rings is 1. The summed E-state index contributed by atoms with van der Waals surface area (Å²) in [6.07, 6.45) is 4.81. The van der Waals surface area contributed by atoms with Crippen molar-refractivity contribution in [1.82, 2.24) is 25.6 Å². The number of aromatic nitrogens is 3. The molecule has 0 bridgehead atoms.